The summed E-state index contributed by atoms with van der Waals surface area (Å²) in [4.78, 5) is 10.1. The summed E-state index contributed by atoms with van der Waals surface area (Å²) in [7, 11) is 0. The SMILES string of the molecule is Cc1nc2ccccc2n1-c1cccc2c(-c3cccc4c3-c3ccccc3C4(c3ccccc3)c3ccccc3)c3cccc(-n4c(C)nc5ccccc54)c3cc12. The molecule has 4 heteroatoms. The van der Waals surface area contributed by atoms with Gasteiger partial charge < -0.3 is 0 Å². The van der Waals surface area contributed by atoms with Gasteiger partial charge in [-0.05, 0) is 112 Å². The maximum atomic E-state index is 5.04. The van der Waals surface area contributed by atoms with Crippen LogP contribution in [0.25, 0.3) is 77.2 Å². The second-order valence-electron chi connectivity index (χ2n) is 15.7. The summed E-state index contributed by atoms with van der Waals surface area (Å²) in [5, 5.41) is 4.72. The molecule has 0 aliphatic heterocycles. The molecule has 0 saturated carbocycles. The molecule has 1 aliphatic carbocycles. The smallest absolute Gasteiger partial charge is 0.111 e. The van der Waals surface area contributed by atoms with Crippen molar-refractivity contribution in [3.63, 3.8) is 0 Å². The van der Waals surface area contributed by atoms with Crippen LogP contribution < -0.4 is 0 Å². The Labute approximate surface area is 342 Å². The molecule has 1 aliphatic rings. The van der Waals surface area contributed by atoms with Crippen LogP contribution in [0.4, 0.5) is 0 Å². The Morgan fingerprint density at radius 3 is 1.41 bits per heavy atom. The van der Waals surface area contributed by atoms with E-state index in [-0.39, 0.29) is 0 Å². The average molecular weight is 755 g/mol. The van der Waals surface area contributed by atoms with E-state index in [2.05, 4.69) is 217 Å². The van der Waals surface area contributed by atoms with E-state index < -0.39 is 5.41 Å². The zero-order valence-electron chi connectivity index (χ0n) is 32.8. The van der Waals surface area contributed by atoms with Gasteiger partial charge in [0.2, 0.25) is 0 Å². The Kier molecular flexibility index (Phi) is 7.24. The third kappa shape index (κ3) is 4.66. The van der Waals surface area contributed by atoms with Crippen LogP contribution in [0.3, 0.4) is 0 Å². The van der Waals surface area contributed by atoms with Crippen molar-refractivity contribution in [2.45, 2.75) is 19.3 Å². The second kappa shape index (κ2) is 12.7. The topological polar surface area (TPSA) is 35.6 Å². The molecule has 278 valence electrons. The molecule has 0 saturated heterocycles. The second-order valence-corrected chi connectivity index (χ2v) is 15.7. The predicted molar refractivity (Wildman–Crippen MR) is 243 cm³/mol. The molecule has 4 nitrogen and oxygen atoms in total. The molecule has 0 N–H and O–H groups in total. The lowest BCUT2D eigenvalue weighted by Gasteiger charge is -2.34. The molecule has 0 bridgehead atoms. The summed E-state index contributed by atoms with van der Waals surface area (Å²) in [5.41, 5.74) is 15.9. The fourth-order valence-electron chi connectivity index (χ4n) is 10.4. The maximum absolute atomic E-state index is 5.04. The van der Waals surface area contributed by atoms with Gasteiger partial charge >= 0.3 is 0 Å². The largest absolute Gasteiger partial charge is 0.296 e. The highest BCUT2D eigenvalue weighted by Crippen LogP contribution is 2.59. The summed E-state index contributed by atoms with van der Waals surface area (Å²) in [6.45, 7) is 4.22. The molecular weight excluding hydrogens is 717 g/mol. The highest BCUT2D eigenvalue weighted by Gasteiger charge is 2.47. The molecule has 59 heavy (non-hydrogen) atoms. The highest BCUT2D eigenvalue weighted by atomic mass is 15.1. The number of hydrogen-bond donors (Lipinski definition) is 0. The van der Waals surface area contributed by atoms with Gasteiger partial charge in [-0.25, -0.2) is 9.97 Å². The molecule has 0 unspecified atom stereocenters. The van der Waals surface area contributed by atoms with Crippen LogP contribution in [0, 0.1) is 13.8 Å². The van der Waals surface area contributed by atoms with Gasteiger partial charge in [0.05, 0.1) is 38.9 Å². The third-order valence-electron chi connectivity index (χ3n) is 12.7. The van der Waals surface area contributed by atoms with E-state index in [4.69, 9.17) is 9.97 Å². The number of aryl methyl sites for hydroxylation is 2. The van der Waals surface area contributed by atoms with Crippen molar-refractivity contribution in [1.82, 2.24) is 19.1 Å². The third-order valence-corrected chi connectivity index (χ3v) is 12.7. The van der Waals surface area contributed by atoms with Crippen molar-refractivity contribution in [2.24, 2.45) is 0 Å². The lowest BCUT2D eigenvalue weighted by Crippen LogP contribution is -2.28. The minimum atomic E-state index is -0.513. The van der Waals surface area contributed by atoms with E-state index >= 15 is 0 Å². The van der Waals surface area contributed by atoms with Crippen LogP contribution in [0.15, 0.2) is 194 Å². The van der Waals surface area contributed by atoms with E-state index in [9.17, 15) is 0 Å². The van der Waals surface area contributed by atoms with Crippen molar-refractivity contribution >= 4 is 43.6 Å². The Morgan fingerprint density at radius 1 is 0.373 bits per heavy atom. The molecular formula is C55H38N4. The van der Waals surface area contributed by atoms with Crippen molar-refractivity contribution in [3.05, 3.63) is 228 Å². The van der Waals surface area contributed by atoms with Gasteiger partial charge in [-0.3, -0.25) is 9.13 Å². The number of fused-ring (bicyclic) bond motifs is 7. The van der Waals surface area contributed by atoms with Gasteiger partial charge in [-0.15, -0.1) is 0 Å². The van der Waals surface area contributed by atoms with Gasteiger partial charge in [0.15, 0.2) is 0 Å². The Morgan fingerprint density at radius 2 is 0.831 bits per heavy atom. The molecule has 0 atom stereocenters. The van der Waals surface area contributed by atoms with Crippen LogP contribution in [0.1, 0.15) is 33.9 Å². The number of hydrogen-bond acceptors (Lipinski definition) is 2. The van der Waals surface area contributed by atoms with E-state index in [1.807, 2.05) is 0 Å². The standard InChI is InChI=1S/C55H38N4/c1-35-56-47-28-11-13-30-51(47)58(35)49-32-16-23-39-43(49)34-44-40(24-17-33-50(44)59-36(2)57-48-29-12-14-31-52(48)59)53(39)42-25-15-27-46-54(42)41-22-9-10-26-45(41)55(46,37-18-5-3-6-19-37)38-20-7-4-8-21-38/h3-34H,1-2H3. The molecule has 2 heterocycles. The lowest BCUT2D eigenvalue weighted by molar-refractivity contribution is 0.768. The monoisotopic (exact) mass is 754 g/mol. The normalized spacial score (nSPS) is 13.1. The lowest BCUT2D eigenvalue weighted by atomic mass is 9.67. The number of imidazole rings is 2. The van der Waals surface area contributed by atoms with E-state index in [0.717, 1.165) is 55.9 Å². The van der Waals surface area contributed by atoms with E-state index in [1.165, 1.54) is 55.3 Å². The summed E-state index contributed by atoms with van der Waals surface area (Å²) in [5.74, 6) is 1.91. The van der Waals surface area contributed by atoms with Gasteiger partial charge in [-0.1, -0.05) is 152 Å². The summed E-state index contributed by atoms with van der Waals surface area (Å²) in [6.07, 6.45) is 0. The average Bonchev–Trinajstić information content (AvgIpc) is 3.91. The number of benzene rings is 9. The van der Waals surface area contributed by atoms with Crippen LogP contribution >= 0.6 is 0 Å². The quantitative estimate of drug-likeness (QED) is 0.164. The van der Waals surface area contributed by atoms with E-state index in [0.29, 0.717) is 0 Å². The van der Waals surface area contributed by atoms with Gasteiger partial charge in [-0.2, -0.15) is 0 Å². The van der Waals surface area contributed by atoms with Crippen molar-refractivity contribution in [3.8, 4) is 33.6 Å². The molecule has 9 aromatic carbocycles. The first-order valence-electron chi connectivity index (χ1n) is 20.3. The molecule has 0 fully saturated rings. The highest BCUT2D eigenvalue weighted by molar-refractivity contribution is 6.19. The zero-order valence-corrected chi connectivity index (χ0v) is 32.8. The number of nitrogens with zero attached hydrogens (tertiary/aromatic N) is 4. The van der Waals surface area contributed by atoms with Crippen molar-refractivity contribution in [2.75, 3.05) is 0 Å². The molecule has 11 aromatic rings. The summed E-state index contributed by atoms with van der Waals surface area (Å²) < 4.78 is 4.66. The number of para-hydroxylation sites is 4. The first-order valence-corrected chi connectivity index (χ1v) is 20.3. The number of rotatable bonds is 5. The Balaban J connectivity index is 1.26. The fraction of sp³-hybridized carbons (Fsp3) is 0.0545. The molecule has 2 aromatic heterocycles. The first-order chi connectivity index (χ1) is 29.1. The van der Waals surface area contributed by atoms with Crippen LogP contribution in [-0.4, -0.2) is 19.1 Å². The van der Waals surface area contributed by atoms with Crippen LogP contribution in [-0.2, 0) is 5.41 Å². The van der Waals surface area contributed by atoms with Crippen molar-refractivity contribution in [1.29, 1.82) is 0 Å². The van der Waals surface area contributed by atoms with E-state index in [1.54, 1.807) is 0 Å². The number of aromatic nitrogens is 4. The minimum Gasteiger partial charge on any atom is -0.296 e. The first kappa shape index (κ1) is 33.6. The molecule has 0 amide bonds. The minimum absolute atomic E-state index is 0.513. The maximum Gasteiger partial charge on any atom is 0.111 e. The Bertz CT molecular complexity index is 3290. The van der Waals surface area contributed by atoms with Crippen molar-refractivity contribution < 1.29 is 0 Å². The van der Waals surface area contributed by atoms with Gasteiger partial charge in [0.1, 0.15) is 11.6 Å². The van der Waals surface area contributed by atoms with Gasteiger partial charge in [0.25, 0.3) is 0 Å². The van der Waals surface area contributed by atoms with Gasteiger partial charge in [0, 0.05) is 10.8 Å². The van der Waals surface area contributed by atoms with Crippen LogP contribution in [0.2, 0.25) is 0 Å². The fourth-order valence-corrected chi connectivity index (χ4v) is 10.4. The summed E-state index contributed by atoms with van der Waals surface area (Å²) >= 11 is 0. The predicted octanol–water partition coefficient (Wildman–Crippen LogP) is 13.3. The summed E-state index contributed by atoms with van der Waals surface area (Å²) in [6, 6.07) is 71.1. The molecule has 0 radical (unpaired) electrons. The molecule has 12 rings (SSSR count). The Hall–Kier alpha value is -7.56. The zero-order chi connectivity index (χ0) is 39.2. The molecule has 0 spiro atoms. The van der Waals surface area contributed by atoms with Crippen LogP contribution in [0.5, 0.6) is 0 Å².